The highest BCUT2D eigenvalue weighted by atomic mass is 16.6. The van der Waals surface area contributed by atoms with Gasteiger partial charge in [0.25, 0.3) is 5.69 Å². The minimum Gasteiger partial charge on any atom is -0.356 e. The molecular formula is C14H21N3O3. The van der Waals surface area contributed by atoms with Crippen LogP contribution in [0.15, 0.2) is 24.3 Å². The molecule has 0 aliphatic heterocycles. The fraction of sp³-hybridized carbons (Fsp3) is 0.500. The first-order valence-corrected chi connectivity index (χ1v) is 6.70. The number of nitrogens with zero attached hydrogens (tertiary/aromatic N) is 1. The average Bonchev–Trinajstić information content (AvgIpc) is 2.41. The van der Waals surface area contributed by atoms with Crippen molar-refractivity contribution < 1.29 is 9.72 Å². The van der Waals surface area contributed by atoms with Crippen LogP contribution in [0, 0.1) is 16.0 Å². The zero-order chi connectivity index (χ0) is 15.0. The molecule has 0 unspecified atom stereocenters. The van der Waals surface area contributed by atoms with E-state index in [2.05, 4.69) is 10.6 Å². The number of hydrogen-bond donors (Lipinski definition) is 2. The third-order valence-electron chi connectivity index (χ3n) is 2.74. The van der Waals surface area contributed by atoms with Crippen LogP contribution < -0.4 is 10.6 Å². The van der Waals surface area contributed by atoms with Crippen LogP contribution >= 0.6 is 0 Å². The number of nitro groups is 1. The van der Waals surface area contributed by atoms with Crippen molar-refractivity contribution in [1.29, 1.82) is 0 Å². The molecule has 0 radical (unpaired) electrons. The normalized spacial score (nSPS) is 10.6. The molecule has 0 heterocycles. The van der Waals surface area contributed by atoms with Gasteiger partial charge in [-0.3, -0.25) is 14.9 Å². The highest BCUT2D eigenvalue weighted by molar-refractivity contribution is 5.76. The van der Waals surface area contributed by atoms with Gasteiger partial charge in [0.15, 0.2) is 0 Å². The van der Waals surface area contributed by atoms with Crippen LogP contribution in [0.2, 0.25) is 0 Å². The van der Waals surface area contributed by atoms with Crippen molar-refractivity contribution in [1.82, 2.24) is 10.6 Å². The first kappa shape index (κ1) is 16.1. The summed E-state index contributed by atoms with van der Waals surface area (Å²) in [4.78, 5) is 21.9. The zero-order valence-corrected chi connectivity index (χ0v) is 11.9. The summed E-state index contributed by atoms with van der Waals surface area (Å²) in [5.74, 6) is 0.424. The summed E-state index contributed by atoms with van der Waals surface area (Å²) < 4.78 is 0. The number of rotatable bonds is 8. The number of nitrogens with one attached hydrogen (secondary N) is 2. The Morgan fingerprint density at radius 2 is 2.05 bits per heavy atom. The van der Waals surface area contributed by atoms with Gasteiger partial charge in [0.05, 0.1) is 4.92 Å². The first-order valence-electron chi connectivity index (χ1n) is 6.70. The molecule has 110 valence electrons. The summed E-state index contributed by atoms with van der Waals surface area (Å²) in [6.07, 6.45) is 0.368. The standard InChI is InChI=1S/C14H21N3O3/c1-11(2)9-16-14(18)7-8-15-10-12-5-3-4-6-13(12)17(19)20/h3-6,11,15H,7-10H2,1-2H3,(H,16,18). The Bertz CT molecular complexity index is 461. The lowest BCUT2D eigenvalue weighted by atomic mass is 10.2. The molecule has 1 amide bonds. The molecule has 6 nitrogen and oxygen atoms in total. The number of carbonyl (C=O) groups excluding carboxylic acids is 1. The molecule has 0 fully saturated rings. The first-order chi connectivity index (χ1) is 9.50. The molecule has 2 N–H and O–H groups in total. The van der Waals surface area contributed by atoms with Crippen molar-refractivity contribution in [3.05, 3.63) is 39.9 Å². The van der Waals surface area contributed by atoms with Crippen molar-refractivity contribution in [2.45, 2.75) is 26.8 Å². The molecule has 0 spiro atoms. The van der Waals surface area contributed by atoms with Crippen LogP contribution in [0.1, 0.15) is 25.8 Å². The monoisotopic (exact) mass is 279 g/mol. The predicted octanol–water partition coefficient (Wildman–Crippen LogP) is 1.85. The maximum absolute atomic E-state index is 11.5. The maximum Gasteiger partial charge on any atom is 0.273 e. The molecule has 1 aromatic carbocycles. The fourth-order valence-corrected chi connectivity index (χ4v) is 1.67. The van der Waals surface area contributed by atoms with E-state index < -0.39 is 4.92 Å². The molecule has 1 aromatic rings. The van der Waals surface area contributed by atoms with E-state index in [-0.39, 0.29) is 11.6 Å². The highest BCUT2D eigenvalue weighted by Crippen LogP contribution is 2.16. The summed E-state index contributed by atoms with van der Waals surface area (Å²) in [5.41, 5.74) is 0.726. The molecule has 0 saturated heterocycles. The predicted molar refractivity (Wildman–Crippen MR) is 77.3 cm³/mol. The van der Waals surface area contributed by atoms with Gasteiger partial charge < -0.3 is 10.6 Å². The smallest absolute Gasteiger partial charge is 0.273 e. The molecule has 6 heteroatoms. The summed E-state index contributed by atoms with van der Waals surface area (Å²) >= 11 is 0. The third-order valence-corrected chi connectivity index (χ3v) is 2.74. The lowest BCUT2D eigenvalue weighted by Crippen LogP contribution is -2.30. The minimum absolute atomic E-state index is 0.00578. The second-order valence-corrected chi connectivity index (χ2v) is 5.01. The average molecular weight is 279 g/mol. The second kappa shape index (κ2) is 8.27. The summed E-state index contributed by atoms with van der Waals surface area (Å²) in [6.45, 7) is 5.62. The lowest BCUT2D eigenvalue weighted by molar-refractivity contribution is -0.385. The van der Waals surface area contributed by atoms with Crippen LogP contribution in [0.5, 0.6) is 0 Å². The van der Waals surface area contributed by atoms with Crippen LogP contribution in [-0.4, -0.2) is 23.9 Å². The van der Waals surface area contributed by atoms with Crippen LogP contribution in [0.4, 0.5) is 5.69 Å². The minimum atomic E-state index is -0.396. The molecule has 0 atom stereocenters. The van der Waals surface area contributed by atoms with Gasteiger partial charge in [-0.15, -0.1) is 0 Å². The van der Waals surface area contributed by atoms with Gasteiger partial charge >= 0.3 is 0 Å². The van der Waals surface area contributed by atoms with E-state index in [0.29, 0.717) is 37.5 Å². The fourth-order valence-electron chi connectivity index (χ4n) is 1.67. The van der Waals surface area contributed by atoms with Crippen molar-refractivity contribution in [2.75, 3.05) is 13.1 Å². The van der Waals surface area contributed by atoms with Gasteiger partial charge in [-0.2, -0.15) is 0 Å². The van der Waals surface area contributed by atoms with E-state index in [9.17, 15) is 14.9 Å². The number of benzene rings is 1. The van der Waals surface area contributed by atoms with Crippen molar-refractivity contribution in [2.24, 2.45) is 5.92 Å². The van der Waals surface area contributed by atoms with Crippen LogP contribution in [0.25, 0.3) is 0 Å². The van der Waals surface area contributed by atoms with Gasteiger partial charge in [0, 0.05) is 37.7 Å². The number of carbonyl (C=O) groups is 1. The Balaban J connectivity index is 2.31. The molecule has 0 bridgehead atoms. The number of hydrogen-bond acceptors (Lipinski definition) is 4. The van der Waals surface area contributed by atoms with Crippen molar-refractivity contribution in [3.63, 3.8) is 0 Å². The molecule has 0 aliphatic rings. The van der Waals surface area contributed by atoms with E-state index in [1.807, 2.05) is 13.8 Å². The van der Waals surface area contributed by atoms with Crippen LogP contribution in [-0.2, 0) is 11.3 Å². The SMILES string of the molecule is CC(C)CNC(=O)CCNCc1ccccc1[N+](=O)[O-]. The van der Waals surface area contributed by atoms with Crippen molar-refractivity contribution >= 4 is 11.6 Å². The van der Waals surface area contributed by atoms with E-state index in [4.69, 9.17) is 0 Å². The lowest BCUT2D eigenvalue weighted by Gasteiger charge is -2.08. The van der Waals surface area contributed by atoms with E-state index in [0.717, 1.165) is 0 Å². The van der Waals surface area contributed by atoms with Crippen molar-refractivity contribution in [3.8, 4) is 0 Å². The number of amides is 1. The number of nitro benzene ring substituents is 1. The molecule has 0 aromatic heterocycles. The second-order valence-electron chi connectivity index (χ2n) is 5.01. The van der Waals surface area contributed by atoms with E-state index >= 15 is 0 Å². The maximum atomic E-state index is 11.5. The zero-order valence-electron chi connectivity index (χ0n) is 11.9. The van der Waals surface area contributed by atoms with Gasteiger partial charge in [0.1, 0.15) is 0 Å². The van der Waals surface area contributed by atoms with Gasteiger partial charge in [-0.1, -0.05) is 32.0 Å². The molecule has 1 rings (SSSR count). The molecule has 0 saturated carbocycles. The quantitative estimate of drug-likeness (QED) is 0.432. The Kier molecular flexibility index (Phi) is 6.66. The molecule has 0 aliphatic carbocycles. The van der Waals surface area contributed by atoms with Gasteiger partial charge in [0.2, 0.25) is 5.91 Å². The molecule has 20 heavy (non-hydrogen) atoms. The summed E-state index contributed by atoms with van der Waals surface area (Å²) in [6, 6.07) is 6.59. The van der Waals surface area contributed by atoms with Gasteiger partial charge in [-0.05, 0) is 5.92 Å². The Labute approximate surface area is 118 Å². The Hall–Kier alpha value is -1.95. The van der Waals surface area contributed by atoms with Crippen LogP contribution in [0.3, 0.4) is 0 Å². The van der Waals surface area contributed by atoms with Gasteiger partial charge in [-0.25, -0.2) is 0 Å². The molecular weight excluding hydrogens is 258 g/mol. The van der Waals surface area contributed by atoms with E-state index in [1.54, 1.807) is 18.2 Å². The topological polar surface area (TPSA) is 84.3 Å². The Morgan fingerprint density at radius 1 is 1.35 bits per heavy atom. The highest BCUT2D eigenvalue weighted by Gasteiger charge is 2.11. The van der Waals surface area contributed by atoms with E-state index in [1.165, 1.54) is 6.07 Å². The summed E-state index contributed by atoms with van der Waals surface area (Å²) in [5, 5.41) is 16.7. The largest absolute Gasteiger partial charge is 0.356 e. The Morgan fingerprint density at radius 3 is 2.70 bits per heavy atom. The third kappa shape index (κ3) is 5.79. The number of para-hydroxylation sites is 1. The summed E-state index contributed by atoms with van der Waals surface area (Å²) in [7, 11) is 0.